The first-order valence-electron chi connectivity index (χ1n) is 11.0. The summed E-state index contributed by atoms with van der Waals surface area (Å²) in [6.07, 6.45) is 3.00. The van der Waals surface area contributed by atoms with Crippen LogP contribution in [0.5, 0.6) is 17.2 Å². The molecule has 8 heteroatoms. The van der Waals surface area contributed by atoms with Crippen molar-refractivity contribution in [2.75, 3.05) is 40.0 Å². The molecule has 2 aromatic rings. The summed E-state index contributed by atoms with van der Waals surface area (Å²) in [4.78, 5) is 27.0. The van der Waals surface area contributed by atoms with Crippen LogP contribution in [0.3, 0.4) is 0 Å². The highest BCUT2D eigenvalue weighted by molar-refractivity contribution is 6.14. The highest BCUT2D eigenvalue weighted by Gasteiger charge is 2.40. The first-order valence-corrected chi connectivity index (χ1v) is 11.0. The average Bonchev–Trinajstić information content (AvgIpc) is 3.42. The number of hydrogen-bond donors (Lipinski definition) is 0. The van der Waals surface area contributed by atoms with E-state index in [4.69, 9.17) is 23.7 Å². The van der Waals surface area contributed by atoms with E-state index in [9.17, 15) is 9.59 Å². The molecular weight excluding hydrogens is 426 g/mol. The van der Waals surface area contributed by atoms with Crippen molar-refractivity contribution >= 4 is 17.8 Å². The molecular formula is C25H25NO7. The Kier molecular flexibility index (Phi) is 5.78. The summed E-state index contributed by atoms with van der Waals surface area (Å²) in [5.74, 6) is 0.985. The van der Waals surface area contributed by atoms with Gasteiger partial charge in [-0.2, -0.15) is 0 Å². The van der Waals surface area contributed by atoms with E-state index in [-0.39, 0.29) is 24.1 Å². The Morgan fingerprint density at radius 3 is 2.64 bits per heavy atom. The fourth-order valence-electron chi connectivity index (χ4n) is 4.26. The van der Waals surface area contributed by atoms with Crippen LogP contribution in [0.25, 0.3) is 6.08 Å². The van der Waals surface area contributed by atoms with Gasteiger partial charge in [0.25, 0.3) is 5.91 Å². The van der Waals surface area contributed by atoms with Crippen molar-refractivity contribution in [3.63, 3.8) is 0 Å². The molecule has 0 bridgehead atoms. The molecule has 0 N–H and O–H groups in total. The van der Waals surface area contributed by atoms with Crippen LogP contribution in [-0.4, -0.2) is 62.4 Å². The number of amides is 1. The number of rotatable bonds is 5. The maximum atomic E-state index is 12.7. The maximum Gasteiger partial charge on any atom is 0.260 e. The van der Waals surface area contributed by atoms with Crippen molar-refractivity contribution in [2.45, 2.75) is 18.6 Å². The van der Waals surface area contributed by atoms with Crippen molar-refractivity contribution in [2.24, 2.45) is 0 Å². The van der Waals surface area contributed by atoms with E-state index < -0.39 is 5.79 Å². The molecule has 2 saturated heterocycles. The van der Waals surface area contributed by atoms with E-state index in [1.165, 1.54) is 0 Å². The number of likely N-dealkylation sites (tertiary alicyclic amines) is 1. The number of ketones is 1. The third-order valence-electron chi connectivity index (χ3n) is 6.09. The third kappa shape index (κ3) is 4.44. The molecule has 3 heterocycles. The fraction of sp³-hybridized carbons (Fsp3) is 0.360. The molecule has 33 heavy (non-hydrogen) atoms. The molecule has 0 atom stereocenters. The van der Waals surface area contributed by atoms with Gasteiger partial charge in [-0.15, -0.1) is 0 Å². The Morgan fingerprint density at radius 2 is 1.88 bits per heavy atom. The largest absolute Gasteiger partial charge is 0.497 e. The first-order chi connectivity index (χ1) is 16.0. The van der Waals surface area contributed by atoms with Gasteiger partial charge < -0.3 is 28.6 Å². The molecule has 5 rings (SSSR count). The lowest BCUT2D eigenvalue weighted by Crippen LogP contribution is -2.48. The average molecular weight is 451 g/mol. The lowest BCUT2D eigenvalue weighted by atomic mass is 10.0. The van der Waals surface area contributed by atoms with Crippen LogP contribution in [0.4, 0.5) is 0 Å². The van der Waals surface area contributed by atoms with Crippen LogP contribution < -0.4 is 14.2 Å². The molecule has 2 fully saturated rings. The molecule has 1 spiro atoms. The van der Waals surface area contributed by atoms with Gasteiger partial charge in [0.2, 0.25) is 5.78 Å². The van der Waals surface area contributed by atoms with E-state index in [1.54, 1.807) is 36.3 Å². The van der Waals surface area contributed by atoms with E-state index in [0.29, 0.717) is 62.0 Å². The van der Waals surface area contributed by atoms with Gasteiger partial charge in [-0.3, -0.25) is 9.59 Å². The Balaban J connectivity index is 1.20. The predicted octanol–water partition coefficient (Wildman–Crippen LogP) is 3.06. The SMILES string of the molecule is COc1cccc(C=C2Oc3cc(OCC(=O)N4CCC5(CC4)OCCO5)ccc3C2=O)c1. The number of nitrogens with zero attached hydrogens (tertiary/aromatic N) is 1. The van der Waals surface area contributed by atoms with Gasteiger partial charge in [0.15, 0.2) is 18.2 Å². The van der Waals surface area contributed by atoms with Gasteiger partial charge in [0.05, 0.1) is 25.9 Å². The summed E-state index contributed by atoms with van der Waals surface area (Å²) in [7, 11) is 1.59. The Morgan fingerprint density at radius 1 is 1.09 bits per heavy atom. The molecule has 172 valence electrons. The van der Waals surface area contributed by atoms with E-state index >= 15 is 0 Å². The molecule has 3 aliphatic heterocycles. The van der Waals surface area contributed by atoms with Gasteiger partial charge >= 0.3 is 0 Å². The van der Waals surface area contributed by atoms with E-state index in [0.717, 1.165) is 5.56 Å². The number of ether oxygens (including phenoxy) is 5. The van der Waals surface area contributed by atoms with Crippen molar-refractivity contribution in [3.8, 4) is 17.2 Å². The number of piperidine rings is 1. The Labute approximate surface area is 191 Å². The lowest BCUT2D eigenvalue weighted by molar-refractivity contribution is -0.187. The molecule has 3 aliphatic rings. The third-order valence-corrected chi connectivity index (χ3v) is 6.09. The fourth-order valence-corrected chi connectivity index (χ4v) is 4.26. The molecule has 8 nitrogen and oxygen atoms in total. The summed E-state index contributed by atoms with van der Waals surface area (Å²) in [5, 5.41) is 0. The first kappa shape index (κ1) is 21.5. The predicted molar refractivity (Wildman–Crippen MR) is 118 cm³/mol. The van der Waals surface area contributed by atoms with E-state index in [2.05, 4.69) is 0 Å². The minimum absolute atomic E-state index is 0.0893. The molecule has 0 saturated carbocycles. The van der Waals surface area contributed by atoms with Crippen molar-refractivity contribution in [1.29, 1.82) is 0 Å². The van der Waals surface area contributed by atoms with Crippen molar-refractivity contribution < 1.29 is 33.3 Å². The van der Waals surface area contributed by atoms with Gasteiger partial charge in [0, 0.05) is 32.0 Å². The molecule has 0 radical (unpaired) electrons. The molecule has 2 aromatic carbocycles. The zero-order valence-electron chi connectivity index (χ0n) is 18.4. The Bertz CT molecular complexity index is 1090. The second-order valence-electron chi connectivity index (χ2n) is 8.15. The second-order valence-corrected chi connectivity index (χ2v) is 8.15. The standard InChI is InChI=1S/C25H25NO7/c1-29-18-4-2-3-17(13-18)14-22-24(28)20-6-5-19(15-21(20)33-22)30-16-23(27)26-9-7-25(8-10-26)31-11-12-32-25/h2-6,13-15H,7-12,16H2,1H3. The highest BCUT2D eigenvalue weighted by atomic mass is 16.7. The number of Topliss-reactive ketones (excluding diaryl/α,β-unsaturated/α-hetero) is 1. The zero-order valence-corrected chi connectivity index (χ0v) is 18.4. The summed E-state index contributed by atoms with van der Waals surface area (Å²) in [6, 6.07) is 12.3. The highest BCUT2D eigenvalue weighted by Crippen LogP contribution is 2.35. The summed E-state index contributed by atoms with van der Waals surface area (Å²) in [5.41, 5.74) is 1.25. The monoisotopic (exact) mass is 451 g/mol. The number of benzene rings is 2. The summed E-state index contributed by atoms with van der Waals surface area (Å²) >= 11 is 0. The second kappa shape index (κ2) is 8.88. The number of carbonyl (C=O) groups is 2. The number of carbonyl (C=O) groups excluding carboxylic acids is 2. The van der Waals surface area contributed by atoms with Crippen LogP contribution in [0.15, 0.2) is 48.2 Å². The number of allylic oxidation sites excluding steroid dienone is 1. The smallest absolute Gasteiger partial charge is 0.260 e. The molecule has 0 unspecified atom stereocenters. The minimum Gasteiger partial charge on any atom is -0.497 e. The summed E-state index contributed by atoms with van der Waals surface area (Å²) in [6.45, 7) is 2.27. The zero-order chi connectivity index (χ0) is 22.8. The quantitative estimate of drug-likeness (QED) is 0.646. The molecule has 0 aromatic heterocycles. The minimum atomic E-state index is -0.516. The number of hydrogen-bond acceptors (Lipinski definition) is 7. The van der Waals surface area contributed by atoms with E-state index in [1.807, 2.05) is 24.3 Å². The normalized spacial score (nSPS) is 20.1. The number of fused-ring (bicyclic) bond motifs is 1. The van der Waals surface area contributed by atoms with Crippen LogP contribution in [0.1, 0.15) is 28.8 Å². The maximum absolute atomic E-state index is 12.7. The van der Waals surface area contributed by atoms with Crippen molar-refractivity contribution in [3.05, 3.63) is 59.4 Å². The topological polar surface area (TPSA) is 83.5 Å². The van der Waals surface area contributed by atoms with Gasteiger partial charge in [0.1, 0.15) is 17.2 Å². The lowest BCUT2D eigenvalue weighted by Gasteiger charge is -2.37. The van der Waals surface area contributed by atoms with Gasteiger partial charge in [-0.05, 0) is 35.9 Å². The molecule has 1 amide bonds. The molecule has 0 aliphatic carbocycles. The number of methoxy groups -OCH3 is 1. The van der Waals surface area contributed by atoms with Gasteiger partial charge in [-0.25, -0.2) is 0 Å². The summed E-state index contributed by atoms with van der Waals surface area (Å²) < 4.78 is 28.1. The van der Waals surface area contributed by atoms with Crippen LogP contribution >= 0.6 is 0 Å². The van der Waals surface area contributed by atoms with Crippen molar-refractivity contribution in [1.82, 2.24) is 4.90 Å². The Hall–Kier alpha value is -3.36. The van der Waals surface area contributed by atoms with Crippen LogP contribution in [-0.2, 0) is 14.3 Å². The van der Waals surface area contributed by atoms with Crippen LogP contribution in [0.2, 0.25) is 0 Å². The van der Waals surface area contributed by atoms with Crippen LogP contribution in [0, 0.1) is 0 Å². The van der Waals surface area contributed by atoms with Gasteiger partial charge in [-0.1, -0.05) is 12.1 Å².